The fraction of sp³-hybridized carbons (Fsp3) is 0.154. The molecule has 0 bridgehead atoms. The van der Waals surface area contributed by atoms with Crippen molar-refractivity contribution in [3.05, 3.63) is 89.1 Å². The monoisotopic (exact) mass is 428 g/mol. The molecule has 3 aromatic rings. The van der Waals surface area contributed by atoms with Crippen LogP contribution in [0.5, 0.6) is 11.5 Å². The molecule has 2 amide bonds. The molecule has 0 spiro atoms. The number of anilines is 2. The molecule has 0 unspecified atom stereocenters. The van der Waals surface area contributed by atoms with Crippen LogP contribution < -0.4 is 19.7 Å². The standard InChI is InChI=1S/C26H24N2O4/c1-16-10-12-20(17(2)14-16)27-24-23(18-8-6-5-7-9-18)25(29)28(26(24)30)21-15-19(31-3)11-13-22(21)32-4/h5-15,27H,1-4H3. The molecular weight excluding hydrogens is 404 g/mol. The highest BCUT2D eigenvalue weighted by atomic mass is 16.5. The Kier molecular flexibility index (Phi) is 5.69. The second-order valence-corrected chi connectivity index (χ2v) is 7.54. The van der Waals surface area contributed by atoms with Crippen LogP contribution in [0.4, 0.5) is 11.4 Å². The van der Waals surface area contributed by atoms with E-state index in [1.54, 1.807) is 18.2 Å². The lowest BCUT2D eigenvalue weighted by Gasteiger charge is -2.19. The number of hydrogen-bond donors (Lipinski definition) is 1. The zero-order valence-corrected chi connectivity index (χ0v) is 18.4. The Labute approximate surface area is 187 Å². The Morgan fingerprint density at radius 3 is 2.22 bits per heavy atom. The van der Waals surface area contributed by atoms with E-state index in [1.165, 1.54) is 14.2 Å². The van der Waals surface area contributed by atoms with E-state index in [-0.39, 0.29) is 5.70 Å². The number of amides is 2. The van der Waals surface area contributed by atoms with Crippen molar-refractivity contribution >= 4 is 28.8 Å². The average Bonchev–Trinajstić information content (AvgIpc) is 3.04. The van der Waals surface area contributed by atoms with Gasteiger partial charge in [0.2, 0.25) is 0 Å². The van der Waals surface area contributed by atoms with Crippen LogP contribution in [0.15, 0.2) is 72.4 Å². The third kappa shape index (κ3) is 3.71. The van der Waals surface area contributed by atoms with E-state index in [9.17, 15) is 9.59 Å². The van der Waals surface area contributed by atoms with Crippen LogP contribution in [0.1, 0.15) is 16.7 Å². The van der Waals surface area contributed by atoms with E-state index in [1.807, 2.05) is 62.4 Å². The van der Waals surface area contributed by atoms with Gasteiger partial charge in [0.05, 0.1) is 25.5 Å². The normalized spacial score (nSPS) is 13.6. The molecular formula is C26H24N2O4. The fourth-order valence-corrected chi connectivity index (χ4v) is 3.80. The highest BCUT2D eigenvalue weighted by Gasteiger charge is 2.41. The summed E-state index contributed by atoms with van der Waals surface area (Å²) >= 11 is 0. The summed E-state index contributed by atoms with van der Waals surface area (Å²) in [5, 5.41) is 3.23. The molecule has 0 saturated heterocycles. The summed E-state index contributed by atoms with van der Waals surface area (Å²) in [7, 11) is 3.02. The van der Waals surface area contributed by atoms with Gasteiger partial charge >= 0.3 is 0 Å². The second kappa shape index (κ2) is 8.59. The Morgan fingerprint density at radius 1 is 0.812 bits per heavy atom. The molecule has 1 aliphatic heterocycles. The predicted octanol–water partition coefficient (Wildman–Crippen LogP) is 4.72. The smallest absolute Gasteiger partial charge is 0.282 e. The number of rotatable bonds is 6. The van der Waals surface area contributed by atoms with Gasteiger partial charge < -0.3 is 14.8 Å². The van der Waals surface area contributed by atoms with Crippen molar-refractivity contribution in [2.75, 3.05) is 24.4 Å². The van der Waals surface area contributed by atoms with Gasteiger partial charge in [0, 0.05) is 11.8 Å². The number of benzene rings is 3. The van der Waals surface area contributed by atoms with Crippen LogP contribution in [0.25, 0.3) is 5.57 Å². The maximum absolute atomic E-state index is 13.6. The quantitative estimate of drug-likeness (QED) is 0.576. The van der Waals surface area contributed by atoms with E-state index in [4.69, 9.17) is 9.47 Å². The van der Waals surface area contributed by atoms with Crippen molar-refractivity contribution in [3.8, 4) is 11.5 Å². The van der Waals surface area contributed by atoms with Crippen LogP contribution in [0.2, 0.25) is 0 Å². The van der Waals surface area contributed by atoms with Crippen molar-refractivity contribution in [2.24, 2.45) is 0 Å². The molecule has 3 aromatic carbocycles. The molecule has 1 heterocycles. The number of methoxy groups -OCH3 is 2. The number of aryl methyl sites for hydroxylation is 2. The number of ether oxygens (including phenoxy) is 2. The van der Waals surface area contributed by atoms with Crippen LogP contribution in [0.3, 0.4) is 0 Å². The lowest BCUT2D eigenvalue weighted by Crippen LogP contribution is -2.32. The summed E-state index contributed by atoms with van der Waals surface area (Å²) in [6, 6.07) is 20.1. The molecule has 0 fully saturated rings. The first-order valence-electron chi connectivity index (χ1n) is 10.2. The van der Waals surface area contributed by atoms with Gasteiger partial charge in [0.1, 0.15) is 17.2 Å². The Bertz CT molecular complexity index is 1230. The molecule has 0 atom stereocenters. The molecule has 0 aromatic heterocycles. The van der Waals surface area contributed by atoms with Gasteiger partial charge in [-0.15, -0.1) is 0 Å². The minimum atomic E-state index is -0.458. The van der Waals surface area contributed by atoms with Gasteiger partial charge in [0.25, 0.3) is 11.8 Å². The van der Waals surface area contributed by atoms with Gasteiger partial charge in [-0.25, -0.2) is 4.90 Å². The minimum absolute atomic E-state index is 0.220. The first-order chi connectivity index (χ1) is 15.4. The summed E-state index contributed by atoms with van der Waals surface area (Å²) in [4.78, 5) is 28.4. The molecule has 6 nitrogen and oxygen atoms in total. The van der Waals surface area contributed by atoms with Crippen molar-refractivity contribution < 1.29 is 19.1 Å². The second-order valence-electron chi connectivity index (χ2n) is 7.54. The van der Waals surface area contributed by atoms with Gasteiger partial charge in [-0.3, -0.25) is 9.59 Å². The Hall–Kier alpha value is -4.06. The molecule has 162 valence electrons. The van der Waals surface area contributed by atoms with Crippen LogP contribution in [-0.4, -0.2) is 26.0 Å². The zero-order chi connectivity index (χ0) is 22.8. The van der Waals surface area contributed by atoms with E-state index in [2.05, 4.69) is 5.32 Å². The zero-order valence-electron chi connectivity index (χ0n) is 18.4. The van der Waals surface area contributed by atoms with Crippen molar-refractivity contribution in [2.45, 2.75) is 13.8 Å². The van der Waals surface area contributed by atoms with Crippen LogP contribution in [-0.2, 0) is 9.59 Å². The molecule has 0 aliphatic carbocycles. The molecule has 1 N–H and O–H groups in total. The predicted molar refractivity (Wildman–Crippen MR) is 125 cm³/mol. The fourth-order valence-electron chi connectivity index (χ4n) is 3.80. The maximum Gasteiger partial charge on any atom is 0.282 e. The molecule has 6 heteroatoms. The summed E-state index contributed by atoms with van der Waals surface area (Å²) in [6.07, 6.45) is 0. The van der Waals surface area contributed by atoms with Gasteiger partial charge in [0.15, 0.2) is 0 Å². The number of nitrogens with zero attached hydrogens (tertiary/aromatic N) is 1. The average molecular weight is 428 g/mol. The Balaban J connectivity index is 1.86. The van der Waals surface area contributed by atoms with Crippen LogP contribution in [0, 0.1) is 13.8 Å². The number of hydrogen-bond acceptors (Lipinski definition) is 5. The SMILES string of the molecule is COc1ccc(OC)c(N2C(=O)C(Nc3ccc(C)cc3C)=C(c3ccccc3)C2=O)c1. The first-order valence-corrected chi connectivity index (χ1v) is 10.2. The maximum atomic E-state index is 13.6. The van der Waals surface area contributed by atoms with Crippen molar-refractivity contribution in [1.29, 1.82) is 0 Å². The summed E-state index contributed by atoms with van der Waals surface area (Å²) in [5.74, 6) is 0.0199. The van der Waals surface area contributed by atoms with E-state index < -0.39 is 11.8 Å². The first kappa shape index (κ1) is 21.2. The molecule has 1 aliphatic rings. The summed E-state index contributed by atoms with van der Waals surface area (Å²) < 4.78 is 10.8. The number of carbonyl (C=O) groups excluding carboxylic acids is 2. The lowest BCUT2D eigenvalue weighted by atomic mass is 10.0. The highest BCUT2D eigenvalue weighted by Crippen LogP contribution is 2.39. The largest absolute Gasteiger partial charge is 0.497 e. The van der Waals surface area contributed by atoms with Gasteiger partial charge in [-0.05, 0) is 43.2 Å². The van der Waals surface area contributed by atoms with Gasteiger partial charge in [-0.1, -0.05) is 48.0 Å². The van der Waals surface area contributed by atoms with E-state index in [0.717, 1.165) is 21.7 Å². The van der Waals surface area contributed by atoms with Crippen molar-refractivity contribution in [3.63, 3.8) is 0 Å². The van der Waals surface area contributed by atoms with Crippen molar-refractivity contribution in [1.82, 2.24) is 0 Å². The number of imide groups is 1. The Morgan fingerprint density at radius 2 is 1.56 bits per heavy atom. The van der Waals surface area contributed by atoms with Gasteiger partial charge in [-0.2, -0.15) is 0 Å². The topological polar surface area (TPSA) is 67.9 Å². The summed E-state index contributed by atoms with van der Waals surface area (Å²) in [6.45, 7) is 3.97. The molecule has 0 radical (unpaired) electrons. The van der Waals surface area contributed by atoms with E-state index >= 15 is 0 Å². The molecule has 0 saturated carbocycles. The third-order valence-corrected chi connectivity index (χ3v) is 5.41. The van der Waals surface area contributed by atoms with E-state index in [0.29, 0.717) is 28.3 Å². The number of carbonyl (C=O) groups is 2. The molecule has 4 rings (SSSR count). The highest BCUT2D eigenvalue weighted by molar-refractivity contribution is 6.46. The lowest BCUT2D eigenvalue weighted by molar-refractivity contribution is -0.120. The summed E-state index contributed by atoms with van der Waals surface area (Å²) in [5.41, 5.74) is 4.36. The third-order valence-electron chi connectivity index (χ3n) is 5.41. The minimum Gasteiger partial charge on any atom is -0.497 e. The molecule has 32 heavy (non-hydrogen) atoms. The number of nitrogens with one attached hydrogen (secondary N) is 1. The van der Waals surface area contributed by atoms with Crippen LogP contribution >= 0.6 is 0 Å².